The van der Waals surface area contributed by atoms with E-state index in [0.717, 1.165) is 16.9 Å². The van der Waals surface area contributed by atoms with Gasteiger partial charge in [-0.2, -0.15) is 4.98 Å². The van der Waals surface area contributed by atoms with Gasteiger partial charge in [0.15, 0.2) is 0 Å². The topological polar surface area (TPSA) is 78.1 Å². The number of hydrogen-bond acceptors (Lipinski definition) is 5. The van der Waals surface area contributed by atoms with E-state index >= 15 is 0 Å². The fourth-order valence-electron chi connectivity index (χ4n) is 2.17. The van der Waals surface area contributed by atoms with Crippen LogP contribution in [0.4, 0.5) is 0 Å². The first kappa shape index (κ1) is 12.6. The number of furan rings is 1. The van der Waals surface area contributed by atoms with Crippen molar-refractivity contribution < 1.29 is 8.94 Å². The Kier molecular flexibility index (Phi) is 3.35. The van der Waals surface area contributed by atoms with Crippen molar-refractivity contribution in [1.82, 2.24) is 10.1 Å². The molecule has 5 nitrogen and oxygen atoms in total. The minimum absolute atomic E-state index is 0.0929. The Balaban J connectivity index is 1.95. The van der Waals surface area contributed by atoms with Gasteiger partial charge >= 0.3 is 0 Å². The molecule has 2 heterocycles. The molecule has 3 aromatic rings. The van der Waals surface area contributed by atoms with Crippen molar-refractivity contribution in [3.8, 4) is 11.4 Å². The number of rotatable bonds is 4. The highest BCUT2D eigenvalue weighted by atomic mass is 16.5. The standard InChI is InChI=1S/C15H15N3O2/c1-10-12(7-8-19-10)14-17-15(20-18-14)13(9-16)11-5-3-2-4-6-11/h2-8,13H,9,16H2,1H3. The smallest absolute Gasteiger partial charge is 0.235 e. The van der Waals surface area contributed by atoms with E-state index in [4.69, 9.17) is 14.7 Å². The third-order valence-electron chi connectivity index (χ3n) is 3.28. The molecule has 2 N–H and O–H groups in total. The monoisotopic (exact) mass is 269 g/mol. The van der Waals surface area contributed by atoms with Crippen molar-refractivity contribution in [3.05, 3.63) is 59.9 Å². The van der Waals surface area contributed by atoms with Gasteiger partial charge in [0.05, 0.1) is 17.7 Å². The molecule has 0 saturated carbocycles. The van der Waals surface area contributed by atoms with Crippen molar-refractivity contribution >= 4 is 0 Å². The van der Waals surface area contributed by atoms with E-state index < -0.39 is 0 Å². The zero-order valence-corrected chi connectivity index (χ0v) is 11.1. The van der Waals surface area contributed by atoms with Gasteiger partial charge in [0.2, 0.25) is 11.7 Å². The fraction of sp³-hybridized carbons (Fsp3) is 0.200. The molecule has 1 atom stereocenters. The average Bonchev–Trinajstić information content (AvgIpc) is 3.10. The summed E-state index contributed by atoms with van der Waals surface area (Å²) in [6.07, 6.45) is 1.61. The molecule has 1 unspecified atom stereocenters. The Morgan fingerprint density at radius 1 is 1.20 bits per heavy atom. The Bertz CT molecular complexity index is 688. The van der Waals surface area contributed by atoms with Crippen molar-refractivity contribution in [2.24, 2.45) is 5.73 Å². The molecule has 0 saturated heterocycles. The number of aromatic nitrogens is 2. The van der Waals surface area contributed by atoms with Crippen molar-refractivity contribution in [2.45, 2.75) is 12.8 Å². The van der Waals surface area contributed by atoms with Gasteiger partial charge in [-0.1, -0.05) is 35.5 Å². The quantitative estimate of drug-likeness (QED) is 0.787. The molecule has 20 heavy (non-hydrogen) atoms. The van der Waals surface area contributed by atoms with Crippen LogP contribution in [0.15, 0.2) is 51.6 Å². The maximum absolute atomic E-state index is 5.85. The first-order valence-corrected chi connectivity index (χ1v) is 6.42. The Hall–Kier alpha value is -2.40. The van der Waals surface area contributed by atoms with E-state index in [1.165, 1.54) is 0 Å². The molecule has 102 valence electrons. The Morgan fingerprint density at radius 2 is 2.00 bits per heavy atom. The molecule has 0 amide bonds. The number of benzene rings is 1. The molecule has 1 aromatic carbocycles. The summed E-state index contributed by atoms with van der Waals surface area (Å²) in [6.45, 7) is 2.28. The van der Waals surface area contributed by atoms with Gasteiger partial charge in [0, 0.05) is 6.54 Å². The molecular formula is C15H15N3O2. The van der Waals surface area contributed by atoms with Crippen LogP contribution in [0.2, 0.25) is 0 Å². The van der Waals surface area contributed by atoms with E-state index in [-0.39, 0.29) is 5.92 Å². The van der Waals surface area contributed by atoms with E-state index in [0.29, 0.717) is 18.3 Å². The zero-order chi connectivity index (χ0) is 13.9. The molecule has 0 spiro atoms. The summed E-state index contributed by atoms with van der Waals surface area (Å²) in [6, 6.07) is 11.7. The minimum Gasteiger partial charge on any atom is -0.469 e. The minimum atomic E-state index is -0.0929. The third kappa shape index (κ3) is 2.23. The second-order valence-corrected chi connectivity index (χ2v) is 4.55. The molecule has 0 radical (unpaired) electrons. The second kappa shape index (κ2) is 5.30. The summed E-state index contributed by atoms with van der Waals surface area (Å²) in [4.78, 5) is 4.44. The predicted molar refractivity (Wildman–Crippen MR) is 74.1 cm³/mol. The fourth-order valence-corrected chi connectivity index (χ4v) is 2.17. The van der Waals surface area contributed by atoms with Crippen LogP contribution < -0.4 is 5.73 Å². The van der Waals surface area contributed by atoms with Gasteiger partial charge in [0.25, 0.3) is 0 Å². The van der Waals surface area contributed by atoms with Crippen molar-refractivity contribution in [3.63, 3.8) is 0 Å². The van der Waals surface area contributed by atoms with Crippen LogP contribution in [0, 0.1) is 6.92 Å². The number of hydrogen-bond donors (Lipinski definition) is 1. The summed E-state index contributed by atoms with van der Waals surface area (Å²) in [5.74, 6) is 1.72. The molecule has 2 aromatic heterocycles. The van der Waals surface area contributed by atoms with E-state index in [1.54, 1.807) is 6.26 Å². The van der Waals surface area contributed by atoms with Crippen LogP contribution in [-0.2, 0) is 0 Å². The average molecular weight is 269 g/mol. The van der Waals surface area contributed by atoms with Crippen LogP contribution in [0.3, 0.4) is 0 Å². The maximum Gasteiger partial charge on any atom is 0.235 e. The van der Waals surface area contributed by atoms with Crippen LogP contribution in [-0.4, -0.2) is 16.7 Å². The zero-order valence-electron chi connectivity index (χ0n) is 11.1. The summed E-state index contributed by atoms with van der Waals surface area (Å²) >= 11 is 0. The Labute approximate surface area is 116 Å². The van der Waals surface area contributed by atoms with Gasteiger partial charge in [-0.25, -0.2) is 0 Å². The van der Waals surface area contributed by atoms with E-state index in [2.05, 4.69) is 10.1 Å². The lowest BCUT2D eigenvalue weighted by atomic mass is 9.99. The van der Waals surface area contributed by atoms with Gasteiger partial charge in [-0.05, 0) is 18.6 Å². The predicted octanol–water partition coefficient (Wildman–Crippen LogP) is 2.73. The summed E-state index contributed by atoms with van der Waals surface area (Å²) in [5.41, 5.74) is 7.75. The maximum atomic E-state index is 5.85. The normalized spacial score (nSPS) is 12.5. The third-order valence-corrected chi connectivity index (χ3v) is 3.28. The van der Waals surface area contributed by atoms with Gasteiger partial charge < -0.3 is 14.7 Å². The lowest BCUT2D eigenvalue weighted by molar-refractivity contribution is 0.367. The second-order valence-electron chi connectivity index (χ2n) is 4.55. The van der Waals surface area contributed by atoms with Crippen LogP contribution in [0.5, 0.6) is 0 Å². The molecule has 0 fully saturated rings. The van der Waals surface area contributed by atoms with Crippen LogP contribution in [0.1, 0.15) is 23.1 Å². The number of nitrogens with two attached hydrogens (primary N) is 1. The summed E-state index contributed by atoms with van der Waals surface area (Å²) < 4.78 is 10.6. The molecule has 5 heteroatoms. The highest BCUT2D eigenvalue weighted by Crippen LogP contribution is 2.26. The first-order valence-electron chi connectivity index (χ1n) is 6.42. The highest BCUT2D eigenvalue weighted by molar-refractivity contribution is 5.56. The number of aryl methyl sites for hydroxylation is 1. The van der Waals surface area contributed by atoms with Gasteiger partial charge in [-0.3, -0.25) is 0 Å². The lowest BCUT2D eigenvalue weighted by Crippen LogP contribution is -2.14. The molecular weight excluding hydrogens is 254 g/mol. The molecule has 0 aliphatic heterocycles. The van der Waals surface area contributed by atoms with Crippen molar-refractivity contribution in [1.29, 1.82) is 0 Å². The van der Waals surface area contributed by atoms with E-state index in [9.17, 15) is 0 Å². The first-order chi connectivity index (χ1) is 9.79. The molecule has 0 aliphatic carbocycles. The molecule has 0 aliphatic rings. The molecule has 0 bridgehead atoms. The number of nitrogens with zero attached hydrogens (tertiary/aromatic N) is 2. The van der Waals surface area contributed by atoms with E-state index in [1.807, 2.05) is 43.3 Å². The van der Waals surface area contributed by atoms with Crippen molar-refractivity contribution in [2.75, 3.05) is 6.54 Å². The van der Waals surface area contributed by atoms with Crippen LogP contribution >= 0.6 is 0 Å². The summed E-state index contributed by atoms with van der Waals surface area (Å²) in [7, 11) is 0. The van der Waals surface area contributed by atoms with Gasteiger partial charge in [0.1, 0.15) is 5.76 Å². The Morgan fingerprint density at radius 3 is 2.65 bits per heavy atom. The summed E-state index contributed by atoms with van der Waals surface area (Å²) in [5, 5.41) is 4.01. The molecule has 3 rings (SSSR count). The largest absolute Gasteiger partial charge is 0.469 e. The van der Waals surface area contributed by atoms with Crippen LogP contribution in [0.25, 0.3) is 11.4 Å². The lowest BCUT2D eigenvalue weighted by Gasteiger charge is -2.09. The van der Waals surface area contributed by atoms with Gasteiger partial charge in [-0.15, -0.1) is 0 Å². The highest BCUT2D eigenvalue weighted by Gasteiger charge is 2.21. The SMILES string of the molecule is Cc1occc1-c1noc(C(CN)c2ccccc2)n1.